The van der Waals surface area contributed by atoms with Gasteiger partial charge in [-0.05, 0) is 37.3 Å². The number of nitrogens with one attached hydrogen (secondary N) is 1. The van der Waals surface area contributed by atoms with Crippen molar-refractivity contribution in [3.63, 3.8) is 0 Å². The van der Waals surface area contributed by atoms with Gasteiger partial charge < -0.3 is 10.1 Å². The van der Waals surface area contributed by atoms with Crippen LogP contribution in [0.3, 0.4) is 0 Å². The van der Waals surface area contributed by atoms with Crippen LogP contribution in [0.1, 0.15) is 5.69 Å². The Kier molecular flexibility index (Phi) is 4.85. The lowest BCUT2D eigenvalue weighted by Crippen LogP contribution is -2.30. The van der Waals surface area contributed by atoms with Crippen LogP contribution in [-0.4, -0.2) is 22.1 Å². The summed E-state index contributed by atoms with van der Waals surface area (Å²) in [7, 11) is 0. The number of rotatable bonds is 4. The number of alkyl halides is 3. The maximum Gasteiger partial charge on any atom is 0.573 e. The number of ether oxygens (including phenoxy) is 1. The standard InChI is InChI=1S/C18H14F3N3O3/c1-11-14-4-2-3-5-15(14)17(26)24(23-11)10-16(25)22-12-6-8-13(9-7-12)27-18(19,20)21/h2-9H,10H2,1H3,(H,22,25). The number of carbonyl (C=O) groups is 1. The predicted molar refractivity (Wildman–Crippen MR) is 92.5 cm³/mol. The fraction of sp³-hybridized carbons (Fsp3) is 0.167. The second-order valence-corrected chi connectivity index (χ2v) is 5.71. The molecule has 0 aliphatic heterocycles. The minimum absolute atomic E-state index is 0.264. The molecule has 0 aliphatic carbocycles. The third-order valence-corrected chi connectivity index (χ3v) is 3.72. The summed E-state index contributed by atoms with van der Waals surface area (Å²) in [5, 5.41) is 7.79. The lowest BCUT2D eigenvalue weighted by molar-refractivity contribution is -0.274. The summed E-state index contributed by atoms with van der Waals surface area (Å²) in [6, 6.07) is 11.6. The van der Waals surface area contributed by atoms with E-state index in [1.807, 2.05) is 0 Å². The monoisotopic (exact) mass is 377 g/mol. The molecule has 27 heavy (non-hydrogen) atoms. The number of amides is 1. The number of carbonyl (C=O) groups excluding carboxylic acids is 1. The van der Waals surface area contributed by atoms with Gasteiger partial charge in [-0.1, -0.05) is 18.2 Å². The van der Waals surface area contributed by atoms with Crippen molar-refractivity contribution in [3.05, 3.63) is 64.6 Å². The quantitative estimate of drug-likeness (QED) is 0.758. The first-order valence-corrected chi connectivity index (χ1v) is 7.85. The second-order valence-electron chi connectivity index (χ2n) is 5.71. The number of aryl methyl sites for hydroxylation is 1. The molecule has 6 nitrogen and oxygen atoms in total. The molecular formula is C18H14F3N3O3. The van der Waals surface area contributed by atoms with E-state index in [-0.39, 0.29) is 12.2 Å². The third kappa shape index (κ3) is 4.43. The average molecular weight is 377 g/mol. The zero-order chi connectivity index (χ0) is 19.6. The van der Waals surface area contributed by atoms with Crippen molar-refractivity contribution >= 4 is 22.4 Å². The fourth-order valence-electron chi connectivity index (χ4n) is 2.59. The predicted octanol–water partition coefficient (Wildman–Crippen LogP) is 3.24. The summed E-state index contributed by atoms with van der Waals surface area (Å²) in [6.07, 6.45) is -4.79. The van der Waals surface area contributed by atoms with E-state index in [4.69, 9.17) is 0 Å². The van der Waals surface area contributed by atoms with E-state index in [2.05, 4.69) is 15.2 Å². The third-order valence-electron chi connectivity index (χ3n) is 3.72. The SMILES string of the molecule is Cc1nn(CC(=O)Nc2ccc(OC(F)(F)F)cc2)c(=O)c2ccccc12. The van der Waals surface area contributed by atoms with Gasteiger partial charge >= 0.3 is 6.36 Å². The molecule has 140 valence electrons. The summed E-state index contributed by atoms with van der Waals surface area (Å²) in [6.45, 7) is 1.40. The highest BCUT2D eigenvalue weighted by atomic mass is 19.4. The van der Waals surface area contributed by atoms with Crippen molar-refractivity contribution in [1.29, 1.82) is 0 Å². The van der Waals surface area contributed by atoms with Crippen LogP contribution in [0.5, 0.6) is 5.75 Å². The molecule has 0 spiro atoms. The zero-order valence-electron chi connectivity index (χ0n) is 14.1. The van der Waals surface area contributed by atoms with Gasteiger partial charge in [-0.2, -0.15) is 5.10 Å². The van der Waals surface area contributed by atoms with Gasteiger partial charge in [0.05, 0.1) is 11.1 Å². The lowest BCUT2D eigenvalue weighted by atomic mass is 10.1. The highest BCUT2D eigenvalue weighted by Gasteiger charge is 2.30. The van der Waals surface area contributed by atoms with Crippen molar-refractivity contribution in [1.82, 2.24) is 9.78 Å². The maximum atomic E-state index is 12.4. The van der Waals surface area contributed by atoms with Gasteiger partial charge in [0.15, 0.2) is 0 Å². The fourth-order valence-corrected chi connectivity index (χ4v) is 2.59. The Labute approximate surface area is 151 Å². The van der Waals surface area contributed by atoms with Crippen LogP contribution in [0.2, 0.25) is 0 Å². The number of aromatic nitrogens is 2. The second kappa shape index (κ2) is 7.10. The molecule has 0 saturated carbocycles. The topological polar surface area (TPSA) is 73.2 Å². The van der Waals surface area contributed by atoms with E-state index >= 15 is 0 Å². The van der Waals surface area contributed by atoms with E-state index in [0.717, 1.165) is 16.8 Å². The number of fused-ring (bicyclic) bond motifs is 1. The van der Waals surface area contributed by atoms with E-state index in [1.54, 1.807) is 31.2 Å². The molecule has 3 aromatic rings. The van der Waals surface area contributed by atoms with Gasteiger partial charge in [0.1, 0.15) is 12.3 Å². The highest BCUT2D eigenvalue weighted by Crippen LogP contribution is 2.23. The van der Waals surface area contributed by atoms with Gasteiger partial charge in [0.25, 0.3) is 5.56 Å². The molecule has 3 rings (SSSR count). The van der Waals surface area contributed by atoms with Crippen LogP contribution < -0.4 is 15.6 Å². The normalized spacial score (nSPS) is 11.4. The van der Waals surface area contributed by atoms with E-state index in [9.17, 15) is 22.8 Å². The van der Waals surface area contributed by atoms with Crippen molar-refractivity contribution in [2.45, 2.75) is 19.8 Å². The minimum Gasteiger partial charge on any atom is -0.406 e. The van der Waals surface area contributed by atoms with Crippen molar-refractivity contribution in [3.8, 4) is 5.75 Å². The van der Waals surface area contributed by atoms with Gasteiger partial charge in [-0.3, -0.25) is 9.59 Å². The molecule has 1 amide bonds. The van der Waals surface area contributed by atoms with Gasteiger partial charge in [0, 0.05) is 11.1 Å². The van der Waals surface area contributed by atoms with Gasteiger partial charge in [-0.25, -0.2) is 4.68 Å². The Morgan fingerprint density at radius 3 is 2.37 bits per heavy atom. The Morgan fingerprint density at radius 1 is 1.11 bits per heavy atom. The van der Waals surface area contributed by atoms with E-state index in [1.165, 1.54) is 12.1 Å². The molecule has 0 bridgehead atoms. The number of anilines is 1. The summed E-state index contributed by atoms with van der Waals surface area (Å²) in [5.74, 6) is -0.938. The summed E-state index contributed by atoms with van der Waals surface area (Å²) in [4.78, 5) is 24.6. The van der Waals surface area contributed by atoms with Crippen molar-refractivity contribution in [2.24, 2.45) is 0 Å². The number of benzene rings is 2. The molecule has 2 aromatic carbocycles. The first-order chi connectivity index (χ1) is 12.7. The van der Waals surface area contributed by atoms with E-state index < -0.39 is 23.6 Å². The van der Waals surface area contributed by atoms with Crippen LogP contribution in [0.4, 0.5) is 18.9 Å². The van der Waals surface area contributed by atoms with Gasteiger partial charge in [0.2, 0.25) is 5.91 Å². The number of hydrogen-bond donors (Lipinski definition) is 1. The average Bonchev–Trinajstić information content (AvgIpc) is 2.60. The van der Waals surface area contributed by atoms with Crippen molar-refractivity contribution < 1.29 is 22.7 Å². The maximum absolute atomic E-state index is 12.4. The molecule has 1 N–H and O–H groups in total. The highest BCUT2D eigenvalue weighted by molar-refractivity contribution is 5.91. The molecule has 0 unspecified atom stereocenters. The van der Waals surface area contributed by atoms with Crippen LogP contribution in [0.15, 0.2) is 53.3 Å². The number of hydrogen-bond acceptors (Lipinski definition) is 4. The number of halogens is 3. The Hall–Kier alpha value is -3.36. The molecule has 0 atom stereocenters. The first kappa shape index (κ1) is 18.4. The molecule has 0 saturated heterocycles. The van der Waals surface area contributed by atoms with E-state index in [0.29, 0.717) is 16.5 Å². The zero-order valence-corrected chi connectivity index (χ0v) is 14.1. The van der Waals surface area contributed by atoms with Crippen LogP contribution in [0.25, 0.3) is 10.8 Å². The van der Waals surface area contributed by atoms with Crippen LogP contribution in [-0.2, 0) is 11.3 Å². The molecule has 0 radical (unpaired) electrons. The van der Waals surface area contributed by atoms with Crippen LogP contribution in [0, 0.1) is 6.92 Å². The van der Waals surface area contributed by atoms with Gasteiger partial charge in [-0.15, -0.1) is 13.2 Å². The molecular weight excluding hydrogens is 363 g/mol. The van der Waals surface area contributed by atoms with Crippen LogP contribution >= 0.6 is 0 Å². The smallest absolute Gasteiger partial charge is 0.406 e. The summed E-state index contributed by atoms with van der Waals surface area (Å²) >= 11 is 0. The molecule has 9 heteroatoms. The lowest BCUT2D eigenvalue weighted by Gasteiger charge is -2.11. The largest absolute Gasteiger partial charge is 0.573 e. The first-order valence-electron chi connectivity index (χ1n) is 7.85. The van der Waals surface area contributed by atoms with Crippen molar-refractivity contribution in [2.75, 3.05) is 5.32 Å². The Morgan fingerprint density at radius 2 is 1.74 bits per heavy atom. The molecule has 0 fully saturated rings. The molecule has 1 aromatic heterocycles. The summed E-state index contributed by atoms with van der Waals surface area (Å²) in [5.41, 5.74) is 0.465. The Balaban J connectivity index is 1.74. The number of nitrogens with zero attached hydrogens (tertiary/aromatic N) is 2. The Bertz CT molecular complexity index is 1040. The molecule has 0 aliphatic rings. The molecule has 1 heterocycles. The minimum atomic E-state index is -4.79. The summed E-state index contributed by atoms with van der Waals surface area (Å²) < 4.78 is 41.2.